The molecule has 0 aliphatic carbocycles. The zero-order chi connectivity index (χ0) is 20.4. The molecule has 0 radical (unpaired) electrons. The molecule has 0 amide bonds. The van der Waals surface area contributed by atoms with Gasteiger partial charge in [0.15, 0.2) is 5.69 Å². The SMILES string of the molecule is Cc1ccc2nc(/C(=N\N(C)C)[C@@H](O)c3ccc([N+](=O)[O-])cc3)c(=O)[nH]c2c1. The van der Waals surface area contributed by atoms with Crippen molar-refractivity contribution >= 4 is 22.4 Å². The number of aromatic nitrogens is 2. The van der Waals surface area contributed by atoms with Crippen LogP contribution < -0.4 is 5.56 Å². The number of rotatable bonds is 5. The number of nitro groups is 1. The molecular weight excluding hydrogens is 362 g/mol. The van der Waals surface area contributed by atoms with E-state index in [1.165, 1.54) is 29.3 Å². The van der Waals surface area contributed by atoms with Gasteiger partial charge in [-0.05, 0) is 42.3 Å². The molecule has 0 spiro atoms. The molecule has 0 aliphatic heterocycles. The molecule has 0 saturated heterocycles. The molecule has 9 nitrogen and oxygen atoms in total. The summed E-state index contributed by atoms with van der Waals surface area (Å²) in [5, 5.41) is 27.4. The molecule has 28 heavy (non-hydrogen) atoms. The van der Waals surface area contributed by atoms with Gasteiger partial charge in [0, 0.05) is 26.2 Å². The number of aryl methyl sites for hydroxylation is 1. The minimum Gasteiger partial charge on any atom is -0.382 e. The lowest BCUT2D eigenvalue weighted by atomic mass is 10.0. The summed E-state index contributed by atoms with van der Waals surface area (Å²) in [5.74, 6) is 0. The Kier molecular flexibility index (Phi) is 5.18. The molecule has 1 atom stereocenters. The van der Waals surface area contributed by atoms with Gasteiger partial charge in [-0.3, -0.25) is 14.9 Å². The van der Waals surface area contributed by atoms with Gasteiger partial charge in [-0.25, -0.2) is 4.98 Å². The number of H-pyrrole nitrogens is 1. The van der Waals surface area contributed by atoms with Crippen LogP contribution in [-0.2, 0) is 0 Å². The molecular formula is C19H19N5O4. The Bertz CT molecular complexity index is 1120. The first-order valence-electron chi connectivity index (χ1n) is 8.45. The Labute approximate surface area is 160 Å². The maximum absolute atomic E-state index is 12.6. The fourth-order valence-electron chi connectivity index (χ4n) is 2.76. The van der Waals surface area contributed by atoms with Gasteiger partial charge in [0.25, 0.3) is 11.2 Å². The molecule has 0 fully saturated rings. The highest BCUT2D eigenvalue weighted by molar-refractivity contribution is 6.03. The van der Waals surface area contributed by atoms with Crippen LogP contribution in [0.1, 0.15) is 22.9 Å². The van der Waals surface area contributed by atoms with E-state index in [2.05, 4.69) is 15.1 Å². The standard InChI is InChI=1S/C19H19N5O4/c1-11-4-9-14-15(10-11)21-19(26)17(20-14)16(22-23(2)3)18(25)12-5-7-13(8-6-12)24(27)28/h4-10,18,25H,1-3H3,(H,21,26)/b22-16+/t18-/m0/s1. The van der Waals surface area contributed by atoms with E-state index >= 15 is 0 Å². The van der Waals surface area contributed by atoms with Crippen LogP contribution in [0.4, 0.5) is 5.69 Å². The number of aliphatic hydroxyl groups is 1. The molecule has 0 bridgehead atoms. The van der Waals surface area contributed by atoms with Crippen molar-refractivity contribution in [2.24, 2.45) is 5.10 Å². The first-order valence-corrected chi connectivity index (χ1v) is 8.45. The largest absolute Gasteiger partial charge is 0.382 e. The van der Waals surface area contributed by atoms with E-state index in [0.717, 1.165) is 5.56 Å². The fraction of sp³-hybridized carbons (Fsp3) is 0.211. The number of nitro benzene ring substituents is 1. The van der Waals surface area contributed by atoms with Gasteiger partial charge in [-0.15, -0.1) is 0 Å². The fourth-order valence-corrected chi connectivity index (χ4v) is 2.76. The number of hydrazone groups is 1. The van der Waals surface area contributed by atoms with Crippen molar-refractivity contribution in [3.63, 3.8) is 0 Å². The smallest absolute Gasteiger partial charge is 0.276 e. The maximum atomic E-state index is 12.6. The van der Waals surface area contributed by atoms with Crippen molar-refractivity contribution in [2.45, 2.75) is 13.0 Å². The normalized spacial score (nSPS) is 12.8. The van der Waals surface area contributed by atoms with E-state index < -0.39 is 16.6 Å². The first kappa shape index (κ1) is 19.2. The lowest BCUT2D eigenvalue weighted by molar-refractivity contribution is -0.384. The molecule has 1 aromatic heterocycles. The third-order valence-electron chi connectivity index (χ3n) is 4.08. The summed E-state index contributed by atoms with van der Waals surface area (Å²) in [6.07, 6.45) is -1.29. The zero-order valence-electron chi connectivity index (χ0n) is 15.6. The number of non-ortho nitro benzene ring substituents is 1. The summed E-state index contributed by atoms with van der Waals surface area (Å²) in [6, 6.07) is 10.9. The highest BCUT2D eigenvalue weighted by Gasteiger charge is 2.23. The van der Waals surface area contributed by atoms with E-state index in [0.29, 0.717) is 16.6 Å². The molecule has 0 unspecified atom stereocenters. The molecule has 9 heteroatoms. The van der Waals surface area contributed by atoms with Gasteiger partial charge in [-0.2, -0.15) is 5.10 Å². The van der Waals surface area contributed by atoms with Crippen molar-refractivity contribution in [2.75, 3.05) is 14.1 Å². The summed E-state index contributed by atoms with van der Waals surface area (Å²) in [6.45, 7) is 1.91. The molecule has 0 aliphatic rings. The van der Waals surface area contributed by atoms with Crippen LogP contribution in [0.5, 0.6) is 0 Å². The quantitative estimate of drug-likeness (QED) is 0.396. The molecule has 2 aromatic carbocycles. The second-order valence-corrected chi connectivity index (χ2v) is 6.52. The predicted molar refractivity (Wildman–Crippen MR) is 105 cm³/mol. The summed E-state index contributed by atoms with van der Waals surface area (Å²) < 4.78 is 0. The number of fused-ring (bicyclic) bond motifs is 1. The highest BCUT2D eigenvalue weighted by atomic mass is 16.6. The number of aromatic amines is 1. The van der Waals surface area contributed by atoms with Crippen molar-refractivity contribution < 1.29 is 10.0 Å². The second-order valence-electron chi connectivity index (χ2n) is 6.52. The predicted octanol–water partition coefficient (Wildman–Crippen LogP) is 2.14. The van der Waals surface area contributed by atoms with Gasteiger partial charge in [0.05, 0.1) is 16.0 Å². The van der Waals surface area contributed by atoms with Crippen LogP contribution in [0.15, 0.2) is 52.4 Å². The Balaban J connectivity index is 2.11. The summed E-state index contributed by atoms with van der Waals surface area (Å²) in [7, 11) is 3.31. The Morgan fingerprint density at radius 2 is 1.93 bits per heavy atom. The van der Waals surface area contributed by atoms with Gasteiger partial charge in [-0.1, -0.05) is 6.07 Å². The van der Waals surface area contributed by atoms with Crippen LogP contribution in [0, 0.1) is 17.0 Å². The van der Waals surface area contributed by atoms with Crippen molar-refractivity contribution in [1.29, 1.82) is 0 Å². The average molecular weight is 381 g/mol. The number of hydrogen-bond donors (Lipinski definition) is 2. The number of aliphatic hydroxyl groups excluding tert-OH is 1. The van der Waals surface area contributed by atoms with Gasteiger partial charge in [0.1, 0.15) is 11.8 Å². The minimum atomic E-state index is -1.29. The van der Waals surface area contributed by atoms with Gasteiger partial charge < -0.3 is 15.1 Å². The van der Waals surface area contributed by atoms with E-state index in [1.807, 2.05) is 19.1 Å². The molecule has 3 rings (SSSR count). The minimum absolute atomic E-state index is 0.0177. The lowest BCUT2D eigenvalue weighted by Crippen LogP contribution is -2.27. The average Bonchev–Trinajstić information content (AvgIpc) is 2.65. The van der Waals surface area contributed by atoms with Gasteiger partial charge >= 0.3 is 0 Å². The molecule has 144 valence electrons. The monoisotopic (exact) mass is 381 g/mol. The number of nitrogens with one attached hydrogen (secondary N) is 1. The van der Waals surface area contributed by atoms with Crippen molar-refractivity contribution in [3.05, 3.63) is 79.8 Å². The summed E-state index contributed by atoms with van der Waals surface area (Å²) >= 11 is 0. The van der Waals surface area contributed by atoms with E-state index in [9.17, 15) is 20.0 Å². The van der Waals surface area contributed by atoms with Crippen LogP contribution >= 0.6 is 0 Å². The van der Waals surface area contributed by atoms with E-state index in [-0.39, 0.29) is 17.1 Å². The Morgan fingerprint density at radius 1 is 1.25 bits per heavy atom. The molecule has 0 saturated carbocycles. The van der Waals surface area contributed by atoms with Crippen LogP contribution in [-0.4, -0.2) is 44.8 Å². The van der Waals surface area contributed by atoms with Crippen LogP contribution in [0.2, 0.25) is 0 Å². The third kappa shape index (κ3) is 3.89. The van der Waals surface area contributed by atoms with E-state index in [1.54, 1.807) is 20.2 Å². The highest BCUT2D eigenvalue weighted by Crippen LogP contribution is 2.21. The molecule has 1 heterocycles. The summed E-state index contributed by atoms with van der Waals surface area (Å²) in [4.78, 5) is 30.1. The third-order valence-corrected chi connectivity index (χ3v) is 4.08. The molecule has 2 N–H and O–H groups in total. The molecule has 3 aromatic rings. The first-order chi connectivity index (χ1) is 13.3. The lowest BCUT2D eigenvalue weighted by Gasteiger charge is -2.16. The van der Waals surface area contributed by atoms with E-state index in [4.69, 9.17) is 0 Å². The van der Waals surface area contributed by atoms with Gasteiger partial charge in [0.2, 0.25) is 0 Å². The number of benzene rings is 2. The Morgan fingerprint density at radius 3 is 2.54 bits per heavy atom. The topological polar surface area (TPSA) is 125 Å². The van der Waals surface area contributed by atoms with Crippen LogP contribution in [0.25, 0.3) is 11.0 Å². The van der Waals surface area contributed by atoms with Crippen LogP contribution in [0.3, 0.4) is 0 Å². The zero-order valence-corrected chi connectivity index (χ0v) is 15.6. The second kappa shape index (κ2) is 7.57. The van der Waals surface area contributed by atoms with Crippen molar-refractivity contribution in [1.82, 2.24) is 15.0 Å². The Hall–Kier alpha value is -3.59. The van der Waals surface area contributed by atoms with Crippen molar-refractivity contribution in [3.8, 4) is 0 Å². The number of hydrogen-bond acceptors (Lipinski definition) is 7. The maximum Gasteiger partial charge on any atom is 0.276 e. The number of nitrogens with zero attached hydrogens (tertiary/aromatic N) is 4. The summed E-state index contributed by atoms with van der Waals surface area (Å²) in [5.41, 5.74) is 1.92.